The number of ether oxygens (including phenoxy) is 1. The Hall–Kier alpha value is -1.64. The van der Waals surface area contributed by atoms with Gasteiger partial charge in [0, 0.05) is 23.5 Å². The first kappa shape index (κ1) is 22.6. The smallest absolute Gasteiger partial charge is 0.545 e. The second-order valence-electron chi connectivity index (χ2n) is 6.03. The Morgan fingerprint density at radius 2 is 1.79 bits per heavy atom. The van der Waals surface area contributed by atoms with Gasteiger partial charge in [0.25, 0.3) is 0 Å². The summed E-state index contributed by atoms with van der Waals surface area (Å²) >= 11 is 0. The van der Waals surface area contributed by atoms with Crippen LogP contribution < -0.4 is 61.2 Å². The number of nitrogens with zero attached hydrogens (tertiary/aromatic N) is 3. The maximum atomic E-state index is 11.9. The minimum Gasteiger partial charge on any atom is -0.545 e. The molecular formula is C21H20KN3O3. The molecule has 0 aliphatic rings. The van der Waals surface area contributed by atoms with Crippen LogP contribution in [0, 0.1) is 0 Å². The van der Waals surface area contributed by atoms with Crippen molar-refractivity contribution in [2.45, 2.75) is 26.2 Å². The van der Waals surface area contributed by atoms with Gasteiger partial charge in [0.05, 0.1) is 23.8 Å². The van der Waals surface area contributed by atoms with Gasteiger partial charge in [-0.3, -0.25) is 4.98 Å². The summed E-state index contributed by atoms with van der Waals surface area (Å²) in [5.41, 5.74) is 1.47. The molecule has 0 saturated heterocycles. The number of benzene rings is 1. The van der Waals surface area contributed by atoms with Crippen LogP contribution in [0.4, 0.5) is 0 Å². The van der Waals surface area contributed by atoms with E-state index in [9.17, 15) is 9.90 Å². The van der Waals surface area contributed by atoms with E-state index in [0.29, 0.717) is 23.6 Å². The monoisotopic (exact) mass is 401 g/mol. The maximum Gasteiger partial charge on any atom is 1.00 e. The Balaban J connectivity index is 0.00000280. The average Bonchev–Trinajstić information content (AvgIpc) is 2.71. The van der Waals surface area contributed by atoms with Crippen LogP contribution in [-0.4, -0.2) is 27.5 Å². The standard InChI is InChI=1S/C21H21N3O3.K/c1-2-3-7-13-27-20-17(21(25)26)18(15-9-5-4-6-10-15)23-19(24-20)16-11-8-12-22-14-16;/h4-6,8-12,14H,2-3,7,13H2,1H3,(H,25,26);/q;+1/p-1. The molecule has 0 unspecified atom stereocenters. The number of pyridine rings is 1. The van der Waals surface area contributed by atoms with Gasteiger partial charge in [0.15, 0.2) is 5.82 Å². The fourth-order valence-corrected chi connectivity index (χ4v) is 2.68. The summed E-state index contributed by atoms with van der Waals surface area (Å²) in [5.74, 6) is -0.978. The molecule has 1 aromatic carbocycles. The Kier molecular flexibility index (Phi) is 9.20. The first-order chi connectivity index (χ1) is 13.2. The molecule has 0 amide bonds. The van der Waals surface area contributed by atoms with Crippen LogP contribution in [0.2, 0.25) is 0 Å². The van der Waals surface area contributed by atoms with E-state index >= 15 is 0 Å². The zero-order valence-electron chi connectivity index (χ0n) is 16.1. The van der Waals surface area contributed by atoms with Crippen molar-refractivity contribution >= 4 is 5.97 Å². The third-order valence-electron chi connectivity index (χ3n) is 4.03. The van der Waals surface area contributed by atoms with Gasteiger partial charge in [0.1, 0.15) is 0 Å². The molecule has 138 valence electrons. The largest absolute Gasteiger partial charge is 1.00 e. The van der Waals surface area contributed by atoms with Gasteiger partial charge in [-0.2, -0.15) is 4.98 Å². The van der Waals surface area contributed by atoms with E-state index in [1.54, 1.807) is 30.6 Å². The summed E-state index contributed by atoms with van der Waals surface area (Å²) in [5, 5.41) is 11.9. The van der Waals surface area contributed by atoms with Crippen LogP contribution in [0.15, 0.2) is 54.9 Å². The van der Waals surface area contributed by atoms with Crippen molar-refractivity contribution < 1.29 is 66.0 Å². The summed E-state index contributed by atoms with van der Waals surface area (Å²) in [6, 6.07) is 12.7. The predicted octanol–water partition coefficient (Wildman–Crippen LogP) is 0.142. The number of hydrogen-bond donors (Lipinski definition) is 0. The van der Waals surface area contributed by atoms with Crippen LogP contribution >= 0.6 is 0 Å². The van der Waals surface area contributed by atoms with Crippen LogP contribution in [0.1, 0.15) is 36.5 Å². The number of aromatic nitrogens is 3. The number of rotatable bonds is 8. The van der Waals surface area contributed by atoms with Crippen molar-refractivity contribution in [2.24, 2.45) is 0 Å². The first-order valence-electron chi connectivity index (χ1n) is 8.92. The fourth-order valence-electron chi connectivity index (χ4n) is 2.68. The van der Waals surface area contributed by atoms with E-state index in [1.165, 1.54) is 0 Å². The molecule has 0 aliphatic heterocycles. The Morgan fingerprint density at radius 1 is 1.04 bits per heavy atom. The molecule has 3 aromatic rings. The number of hydrogen-bond acceptors (Lipinski definition) is 6. The minimum absolute atomic E-state index is 0. The van der Waals surface area contributed by atoms with Crippen molar-refractivity contribution in [1.82, 2.24) is 15.0 Å². The molecule has 3 rings (SSSR count). The van der Waals surface area contributed by atoms with Gasteiger partial charge >= 0.3 is 51.4 Å². The quantitative estimate of drug-likeness (QED) is 0.394. The number of carboxylic acids is 1. The maximum absolute atomic E-state index is 11.9. The summed E-state index contributed by atoms with van der Waals surface area (Å²) in [7, 11) is 0. The number of carbonyl (C=O) groups is 1. The molecule has 0 spiro atoms. The van der Waals surface area contributed by atoms with Crippen LogP contribution in [0.25, 0.3) is 22.6 Å². The normalized spacial score (nSPS) is 10.2. The molecule has 2 heterocycles. The molecule has 0 radical (unpaired) electrons. The third-order valence-corrected chi connectivity index (χ3v) is 4.03. The summed E-state index contributed by atoms with van der Waals surface area (Å²) in [6.07, 6.45) is 6.13. The summed E-state index contributed by atoms with van der Waals surface area (Å²) < 4.78 is 5.73. The van der Waals surface area contributed by atoms with Crippen LogP contribution in [0.5, 0.6) is 5.88 Å². The van der Waals surface area contributed by atoms with Crippen molar-refractivity contribution in [3.8, 4) is 28.5 Å². The van der Waals surface area contributed by atoms with Crippen LogP contribution in [-0.2, 0) is 0 Å². The number of unbranched alkanes of at least 4 members (excludes halogenated alkanes) is 2. The zero-order chi connectivity index (χ0) is 19.1. The van der Waals surface area contributed by atoms with E-state index in [2.05, 4.69) is 21.9 Å². The molecule has 6 nitrogen and oxygen atoms in total. The second-order valence-corrected chi connectivity index (χ2v) is 6.03. The predicted molar refractivity (Wildman–Crippen MR) is 100 cm³/mol. The van der Waals surface area contributed by atoms with E-state index < -0.39 is 5.97 Å². The average molecular weight is 402 g/mol. The Bertz CT molecular complexity index is 906. The number of aromatic carboxylic acids is 1. The van der Waals surface area contributed by atoms with Crippen LogP contribution in [0.3, 0.4) is 0 Å². The third kappa shape index (κ3) is 5.68. The van der Waals surface area contributed by atoms with E-state index in [0.717, 1.165) is 19.3 Å². The molecule has 0 fully saturated rings. The van der Waals surface area contributed by atoms with Crippen molar-refractivity contribution in [3.63, 3.8) is 0 Å². The molecule has 0 saturated carbocycles. The van der Waals surface area contributed by atoms with Gasteiger partial charge in [0.2, 0.25) is 5.88 Å². The molecule has 7 heteroatoms. The van der Waals surface area contributed by atoms with Gasteiger partial charge in [-0.15, -0.1) is 0 Å². The van der Waals surface area contributed by atoms with Gasteiger partial charge in [-0.05, 0) is 18.6 Å². The van der Waals surface area contributed by atoms with Gasteiger partial charge < -0.3 is 14.6 Å². The van der Waals surface area contributed by atoms with Gasteiger partial charge in [-0.1, -0.05) is 50.1 Å². The fraction of sp³-hybridized carbons (Fsp3) is 0.238. The van der Waals surface area contributed by atoms with Crippen molar-refractivity contribution in [1.29, 1.82) is 0 Å². The summed E-state index contributed by atoms with van der Waals surface area (Å²) in [4.78, 5) is 24.8. The van der Waals surface area contributed by atoms with E-state index in [-0.39, 0.29) is 68.5 Å². The molecule has 0 N–H and O–H groups in total. The first-order valence-corrected chi connectivity index (χ1v) is 8.92. The van der Waals surface area contributed by atoms with Crippen molar-refractivity contribution in [3.05, 3.63) is 60.4 Å². The summed E-state index contributed by atoms with van der Waals surface area (Å²) in [6.45, 7) is 2.47. The van der Waals surface area contributed by atoms with Crippen molar-refractivity contribution in [2.75, 3.05) is 6.61 Å². The minimum atomic E-state index is -1.36. The molecule has 0 bridgehead atoms. The van der Waals surface area contributed by atoms with Gasteiger partial charge in [-0.25, -0.2) is 4.98 Å². The molecule has 28 heavy (non-hydrogen) atoms. The second kappa shape index (κ2) is 11.4. The molecule has 0 atom stereocenters. The van der Waals surface area contributed by atoms with E-state index in [1.807, 2.05) is 24.3 Å². The number of carbonyl (C=O) groups excluding carboxylic acids is 1. The molecule has 2 aromatic heterocycles. The van der Waals surface area contributed by atoms with E-state index in [4.69, 9.17) is 4.74 Å². The SMILES string of the molecule is CCCCCOc1nc(-c2cccnc2)nc(-c2ccccc2)c1C(=O)[O-].[K+]. The topological polar surface area (TPSA) is 88.0 Å². The Labute approximate surface area is 206 Å². The zero-order valence-corrected chi connectivity index (χ0v) is 19.2. The Morgan fingerprint density at radius 3 is 2.43 bits per heavy atom. The molecule has 0 aliphatic carbocycles. The molecular weight excluding hydrogens is 381 g/mol. The number of carboxylic acid groups (broad SMARTS) is 1.